The molecule has 3 aromatic rings. The molecular formula is C22H26BrF3N4. The van der Waals surface area contributed by atoms with Crippen molar-refractivity contribution in [2.75, 3.05) is 31.1 Å². The van der Waals surface area contributed by atoms with Crippen molar-refractivity contribution < 1.29 is 13.2 Å². The van der Waals surface area contributed by atoms with Gasteiger partial charge in [-0.05, 0) is 18.2 Å². The van der Waals surface area contributed by atoms with Crippen molar-refractivity contribution >= 4 is 32.7 Å². The van der Waals surface area contributed by atoms with Gasteiger partial charge in [-0.2, -0.15) is 0 Å². The molecule has 8 heteroatoms. The molecule has 0 bridgehead atoms. The van der Waals surface area contributed by atoms with Gasteiger partial charge in [-0.1, -0.05) is 43.6 Å². The van der Waals surface area contributed by atoms with Gasteiger partial charge in [-0.15, -0.1) is 0 Å². The van der Waals surface area contributed by atoms with Crippen LogP contribution in [0.15, 0.2) is 35.1 Å². The van der Waals surface area contributed by atoms with E-state index in [1.165, 1.54) is 12.4 Å². The summed E-state index contributed by atoms with van der Waals surface area (Å²) in [5.74, 6) is -1.58. The number of fused-ring (bicyclic) bond motifs is 1. The molecule has 162 valence electrons. The molecule has 30 heavy (non-hydrogen) atoms. The zero-order valence-corrected chi connectivity index (χ0v) is 19.2. The van der Waals surface area contributed by atoms with Gasteiger partial charge in [0.2, 0.25) is 0 Å². The van der Waals surface area contributed by atoms with Crippen LogP contribution in [0.25, 0.3) is 22.0 Å². The normalized spacial score (nSPS) is 13.3. The van der Waals surface area contributed by atoms with E-state index in [2.05, 4.69) is 36.1 Å². The first kappa shape index (κ1) is 24.1. The Kier molecular flexibility index (Phi) is 9.05. The quantitative estimate of drug-likeness (QED) is 0.490. The van der Waals surface area contributed by atoms with Crippen LogP contribution in [-0.4, -0.2) is 36.1 Å². The molecule has 4 rings (SSSR count). The van der Waals surface area contributed by atoms with Gasteiger partial charge in [0.25, 0.3) is 0 Å². The first-order valence-corrected chi connectivity index (χ1v) is 10.9. The van der Waals surface area contributed by atoms with Gasteiger partial charge in [-0.3, -0.25) is 0 Å². The third-order valence-electron chi connectivity index (χ3n) is 4.42. The van der Waals surface area contributed by atoms with E-state index in [1.54, 1.807) is 6.07 Å². The van der Waals surface area contributed by atoms with Crippen molar-refractivity contribution in [3.8, 4) is 11.1 Å². The van der Waals surface area contributed by atoms with Crippen LogP contribution in [-0.2, 0) is 0 Å². The number of nitrogens with one attached hydrogen (secondary N) is 1. The number of halogens is 4. The zero-order chi connectivity index (χ0) is 22.3. The smallest absolute Gasteiger partial charge is 0.158 e. The van der Waals surface area contributed by atoms with E-state index < -0.39 is 17.5 Å². The number of aromatic nitrogens is 2. The van der Waals surface area contributed by atoms with Crippen molar-refractivity contribution in [1.82, 2.24) is 15.3 Å². The number of hydrogen-bond donors (Lipinski definition) is 1. The Hall–Kier alpha value is -2.19. The van der Waals surface area contributed by atoms with Crippen LogP contribution in [0.4, 0.5) is 19.0 Å². The summed E-state index contributed by atoms with van der Waals surface area (Å²) < 4.78 is 43.0. The number of piperazine rings is 1. The summed E-state index contributed by atoms with van der Waals surface area (Å²) in [5.41, 5.74) is 0.0930. The average Bonchev–Trinajstić information content (AvgIpc) is 2.78. The summed E-state index contributed by atoms with van der Waals surface area (Å²) in [6.45, 7) is 11.1. The predicted molar refractivity (Wildman–Crippen MR) is 120 cm³/mol. The molecule has 1 aromatic heterocycles. The molecule has 4 nitrogen and oxygen atoms in total. The van der Waals surface area contributed by atoms with Gasteiger partial charge >= 0.3 is 0 Å². The SMILES string of the molecule is CC.CC.Fc1ccc(-c2c(Br)cc3c(N4CCNCC4)ncnc3c2F)c(F)c1. The van der Waals surface area contributed by atoms with E-state index in [0.717, 1.165) is 38.3 Å². The van der Waals surface area contributed by atoms with Gasteiger partial charge in [0.05, 0.1) is 0 Å². The molecule has 0 atom stereocenters. The molecule has 0 radical (unpaired) electrons. The second-order valence-corrected chi connectivity index (χ2v) is 6.86. The molecule has 0 saturated carbocycles. The number of nitrogens with zero attached hydrogens (tertiary/aromatic N) is 3. The number of anilines is 1. The maximum Gasteiger partial charge on any atom is 0.158 e. The van der Waals surface area contributed by atoms with E-state index in [4.69, 9.17) is 0 Å². The van der Waals surface area contributed by atoms with Gasteiger partial charge in [-0.25, -0.2) is 23.1 Å². The van der Waals surface area contributed by atoms with Gasteiger partial charge in [0.1, 0.15) is 29.3 Å². The minimum absolute atomic E-state index is 0.0139. The summed E-state index contributed by atoms with van der Waals surface area (Å²) in [5, 5.41) is 3.80. The lowest BCUT2D eigenvalue weighted by molar-refractivity contribution is 0.582. The third kappa shape index (κ3) is 4.92. The lowest BCUT2D eigenvalue weighted by Crippen LogP contribution is -2.44. The largest absolute Gasteiger partial charge is 0.353 e. The lowest BCUT2D eigenvalue weighted by atomic mass is 10.0. The highest BCUT2D eigenvalue weighted by molar-refractivity contribution is 9.10. The summed E-state index contributed by atoms with van der Waals surface area (Å²) >= 11 is 3.33. The summed E-state index contributed by atoms with van der Waals surface area (Å²) in [6.07, 6.45) is 1.31. The number of benzene rings is 2. The fourth-order valence-corrected chi connectivity index (χ4v) is 3.80. The molecule has 2 heterocycles. The van der Waals surface area contributed by atoms with E-state index in [9.17, 15) is 8.78 Å². The van der Waals surface area contributed by atoms with Gasteiger partial charge in [0, 0.05) is 53.2 Å². The maximum absolute atomic E-state index is 15.2. The maximum atomic E-state index is 15.2. The van der Waals surface area contributed by atoms with E-state index in [1.807, 2.05) is 27.7 Å². The van der Waals surface area contributed by atoms with Gasteiger partial charge < -0.3 is 10.2 Å². The molecule has 0 unspecified atom stereocenters. The lowest BCUT2D eigenvalue weighted by Gasteiger charge is -2.29. The Morgan fingerprint density at radius 3 is 2.27 bits per heavy atom. The Morgan fingerprint density at radius 1 is 0.967 bits per heavy atom. The Balaban J connectivity index is 0.000000757. The van der Waals surface area contributed by atoms with Crippen LogP contribution >= 0.6 is 15.9 Å². The molecule has 0 amide bonds. The van der Waals surface area contributed by atoms with Crippen LogP contribution in [0.5, 0.6) is 0 Å². The Labute approximate surface area is 183 Å². The topological polar surface area (TPSA) is 41.0 Å². The second-order valence-electron chi connectivity index (χ2n) is 6.00. The highest BCUT2D eigenvalue weighted by Gasteiger charge is 2.22. The van der Waals surface area contributed by atoms with Crippen LogP contribution < -0.4 is 10.2 Å². The molecule has 1 aliphatic heterocycles. The van der Waals surface area contributed by atoms with Crippen LogP contribution in [0.1, 0.15) is 27.7 Å². The third-order valence-corrected chi connectivity index (χ3v) is 5.04. The standard InChI is InChI=1S/C18H14BrF3N4.2C2H6/c19-13-8-12-17(24-9-25-18(12)26-5-3-23-4-6-26)16(22)15(13)11-2-1-10(20)7-14(11)21;2*1-2/h1-2,7-9,23H,3-6H2;2*1-2H3. The molecule has 2 aromatic carbocycles. The molecule has 1 saturated heterocycles. The van der Waals surface area contributed by atoms with Crippen LogP contribution in [0.2, 0.25) is 0 Å². The van der Waals surface area contributed by atoms with Crippen molar-refractivity contribution in [2.24, 2.45) is 0 Å². The van der Waals surface area contributed by atoms with Gasteiger partial charge in [0.15, 0.2) is 5.82 Å². The first-order valence-electron chi connectivity index (χ1n) is 10.1. The number of hydrogen-bond acceptors (Lipinski definition) is 4. The summed E-state index contributed by atoms with van der Waals surface area (Å²) in [6, 6.07) is 4.74. The van der Waals surface area contributed by atoms with Crippen molar-refractivity contribution in [3.63, 3.8) is 0 Å². The fraction of sp³-hybridized carbons (Fsp3) is 0.364. The Morgan fingerprint density at radius 2 is 1.63 bits per heavy atom. The van der Waals surface area contributed by atoms with Crippen molar-refractivity contribution in [3.05, 3.63) is 52.5 Å². The molecule has 1 aliphatic rings. The Bertz CT molecular complexity index is 992. The summed E-state index contributed by atoms with van der Waals surface area (Å²) in [4.78, 5) is 10.4. The van der Waals surface area contributed by atoms with E-state index in [0.29, 0.717) is 15.7 Å². The molecular weight excluding hydrogens is 457 g/mol. The number of rotatable bonds is 2. The fourth-order valence-electron chi connectivity index (χ4n) is 3.18. The summed E-state index contributed by atoms with van der Waals surface area (Å²) in [7, 11) is 0. The van der Waals surface area contributed by atoms with Crippen LogP contribution in [0.3, 0.4) is 0 Å². The molecule has 0 spiro atoms. The zero-order valence-electron chi connectivity index (χ0n) is 17.6. The molecule has 1 N–H and O–H groups in total. The second kappa shape index (κ2) is 11.3. The highest BCUT2D eigenvalue weighted by Crippen LogP contribution is 2.38. The van der Waals surface area contributed by atoms with E-state index >= 15 is 4.39 Å². The minimum Gasteiger partial charge on any atom is -0.353 e. The average molecular weight is 483 g/mol. The highest BCUT2D eigenvalue weighted by atomic mass is 79.9. The van der Waals surface area contributed by atoms with E-state index in [-0.39, 0.29) is 16.6 Å². The van der Waals surface area contributed by atoms with Crippen molar-refractivity contribution in [1.29, 1.82) is 0 Å². The monoisotopic (exact) mass is 482 g/mol. The predicted octanol–water partition coefficient (Wildman–Crippen LogP) is 5.94. The molecule has 0 aliphatic carbocycles. The van der Waals surface area contributed by atoms with Crippen molar-refractivity contribution in [2.45, 2.75) is 27.7 Å². The first-order chi connectivity index (χ1) is 14.6. The minimum atomic E-state index is -0.833. The van der Waals surface area contributed by atoms with Crippen LogP contribution in [0, 0.1) is 17.5 Å². The molecule has 1 fully saturated rings.